The summed E-state index contributed by atoms with van der Waals surface area (Å²) in [7, 11) is 0. The van der Waals surface area contributed by atoms with Crippen molar-refractivity contribution < 1.29 is 57.8 Å². The summed E-state index contributed by atoms with van der Waals surface area (Å²) in [5, 5.41) is 23.6. The van der Waals surface area contributed by atoms with Crippen LogP contribution >= 0.6 is 0 Å². The SMILES string of the molecule is C=CCNC(=O)C(=O)[C@@H]1CCCCCCCCC[C@H](N)C(=O)N2C[C@H]3[C@@H]([C@H]2C(=O)N1)C3(C)C.C=CCNC(=O)C(=O)[C@@H]1CCCCCCCCC[C@H](NC(=O)[C@@H](NC(=O)c2cnccn2)C2CCCCC2)C(=O)N2C[C@H]3[C@@H]([C@H]2C(=O)N1)C3(C)C.O=CO. The lowest BCUT2D eigenvalue weighted by molar-refractivity contribution is -0.145. The number of nitrogens with two attached hydrogens (primary N) is 1. The van der Waals surface area contributed by atoms with Gasteiger partial charge in [0.05, 0.1) is 24.3 Å². The van der Waals surface area contributed by atoms with E-state index in [2.05, 4.69) is 82.7 Å². The number of fused-ring (bicyclic) bond motifs is 6. The molecule has 11 atom stereocenters. The minimum Gasteiger partial charge on any atom is -0.483 e. The van der Waals surface area contributed by atoms with Crippen LogP contribution in [-0.4, -0.2) is 159 Å². The van der Waals surface area contributed by atoms with Crippen molar-refractivity contribution in [1.29, 1.82) is 0 Å². The highest BCUT2D eigenvalue weighted by Gasteiger charge is 2.71. The van der Waals surface area contributed by atoms with E-state index in [1.54, 1.807) is 9.80 Å². The molecule has 4 aliphatic heterocycles. The number of nitrogens with zero attached hydrogens (tertiary/aromatic N) is 4. The number of hydrogen-bond donors (Lipinski definition) is 8. The van der Waals surface area contributed by atoms with Gasteiger partial charge < -0.3 is 52.5 Å². The Hall–Kier alpha value is -6.91. The Morgan fingerprint density at radius 1 is 0.644 bits per heavy atom. The van der Waals surface area contributed by atoms with E-state index >= 15 is 0 Å². The molecule has 87 heavy (non-hydrogen) atoms. The number of rotatable bonds is 13. The third-order valence-electron chi connectivity index (χ3n) is 19.5. The maximum atomic E-state index is 14.5. The lowest BCUT2D eigenvalue weighted by atomic mass is 9.83. The summed E-state index contributed by atoms with van der Waals surface area (Å²) in [6.45, 7) is 16.5. The van der Waals surface area contributed by atoms with Gasteiger partial charge in [0.1, 0.15) is 29.9 Å². The number of ketones is 2. The summed E-state index contributed by atoms with van der Waals surface area (Å²) in [4.78, 5) is 154. The van der Waals surface area contributed by atoms with Crippen LogP contribution in [0.3, 0.4) is 0 Å². The summed E-state index contributed by atoms with van der Waals surface area (Å²) >= 11 is 0. The van der Waals surface area contributed by atoms with Gasteiger partial charge in [0.15, 0.2) is 0 Å². The lowest BCUT2D eigenvalue weighted by Gasteiger charge is -2.35. The molecule has 480 valence electrons. The number of amides is 8. The maximum absolute atomic E-state index is 14.5. The molecule has 3 saturated carbocycles. The average Bonchev–Trinajstić information content (AvgIpc) is 1.54. The Morgan fingerprint density at radius 3 is 1.51 bits per heavy atom. The van der Waals surface area contributed by atoms with E-state index < -0.39 is 83.4 Å². The van der Waals surface area contributed by atoms with Crippen LogP contribution in [0.1, 0.15) is 186 Å². The van der Waals surface area contributed by atoms with Gasteiger partial charge in [0, 0.05) is 38.6 Å². The zero-order valence-corrected chi connectivity index (χ0v) is 51.7. The molecule has 0 bridgehead atoms. The van der Waals surface area contributed by atoms with Gasteiger partial charge in [0.25, 0.3) is 24.2 Å². The number of carbonyl (C=O) groups excluding carboxylic acids is 10. The molecular formula is C64H97N11O12. The van der Waals surface area contributed by atoms with Gasteiger partial charge >= 0.3 is 0 Å². The first-order chi connectivity index (χ1) is 41.6. The number of carboxylic acid groups (broad SMARTS) is 1. The fraction of sp³-hybridized carbons (Fsp3) is 0.703. The third-order valence-corrected chi connectivity index (χ3v) is 19.5. The molecule has 0 radical (unpaired) electrons. The Morgan fingerprint density at radius 2 is 1.06 bits per heavy atom. The van der Waals surface area contributed by atoms with Crippen LogP contribution in [0.2, 0.25) is 0 Å². The minimum atomic E-state index is -1.02. The summed E-state index contributed by atoms with van der Waals surface area (Å²) in [5.74, 6) is -4.96. The highest BCUT2D eigenvalue weighted by Crippen LogP contribution is 2.66. The quantitative estimate of drug-likeness (QED) is 0.0772. The highest BCUT2D eigenvalue weighted by atomic mass is 16.3. The molecule has 1 aromatic heterocycles. The fourth-order valence-corrected chi connectivity index (χ4v) is 14.2. The molecule has 0 spiro atoms. The maximum Gasteiger partial charge on any atom is 0.290 e. The Kier molecular flexibility index (Phi) is 26.2. The molecular weight excluding hydrogens is 1110 g/mol. The first kappa shape index (κ1) is 69.2. The van der Waals surface area contributed by atoms with Crippen molar-refractivity contribution in [3.63, 3.8) is 0 Å². The van der Waals surface area contributed by atoms with Crippen LogP contribution in [0.4, 0.5) is 0 Å². The van der Waals surface area contributed by atoms with Gasteiger partial charge in [-0.1, -0.05) is 149 Å². The molecule has 8 amide bonds. The van der Waals surface area contributed by atoms with Crippen molar-refractivity contribution in [1.82, 2.24) is 51.7 Å². The summed E-state index contributed by atoms with van der Waals surface area (Å²) in [6, 6.07) is -5.79. The molecule has 23 heteroatoms. The topological polar surface area (TPSA) is 338 Å². The van der Waals surface area contributed by atoms with Crippen molar-refractivity contribution in [3.8, 4) is 0 Å². The number of Topliss-reactive ketones (excluding diaryl/α,β-unsaturated/α-hetero) is 2. The first-order valence-corrected chi connectivity index (χ1v) is 31.9. The molecule has 0 unspecified atom stereocenters. The molecule has 8 rings (SSSR count). The van der Waals surface area contributed by atoms with Gasteiger partial charge in [-0.25, -0.2) is 4.98 Å². The van der Waals surface area contributed by atoms with Crippen LogP contribution in [-0.2, 0) is 47.9 Å². The Bertz CT molecular complexity index is 2610. The number of carbonyl (C=O) groups is 11. The van der Waals surface area contributed by atoms with Gasteiger partial charge in [-0.15, -0.1) is 13.2 Å². The van der Waals surface area contributed by atoms with E-state index in [9.17, 15) is 47.9 Å². The van der Waals surface area contributed by atoms with Crippen LogP contribution < -0.4 is 37.6 Å². The monoisotopic (exact) mass is 1210 g/mol. The number of piperidine rings is 2. The zero-order valence-electron chi connectivity index (χ0n) is 51.7. The zero-order chi connectivity index (χ0) is 63.4. The van der Waals surface area contributed by atoms with Crippen molar-refractivity contribution in [2.45, 2.75) is 218 Å². The van der Waals surface area contributed by atoms with Gasteiger partial charge in [-0.05, 0) is 78.9 Å². The molecule has 7 fully saturated rings. The molecule has 4 saturated heterocycles. The number of hydrogen-bond acceptors (Lipinski definition) is 14. The predicted octanol–water partition coefficient (Wildman–Crippen LogP) is 4.38. The Labute approximate surface area is 512 Å². The standard InChI is InChI=1S/C38H55N7O6.C25H40N4O4.CH2O2/c1-4-19-41-36(50)32(46)26-17-13-8-6-5-7-9-14-18-27(37(51)45-23-25-29(38(25,2)3)31(45)35(49)42-26)43-34(48)30(24-15-11-10-12-16-24)44-33(47)28-22-39-20-21-40-28;1-4-14-27-23(32)21(30)18-13-11-9-7-5-6-8-10-12-17(26)24(33)29-15-16-19(25(16,2)3)20(29)22(31)28-18;2-1-3/h4,20-22,24-27,29-31H,1,5-19,23H2,2-3H3,(H,41,50)(H,42,49)(H,43,48)(H,44,47);4,16-20H,1,5-15,26H2,2-3H3,(H,27,32)(H,28,31);1H,(H,2,3)/t25-,26-,27-,29-,30-,31-;16-,17-,18-,19-,20-;/m00./s1. The molecule has 0 aromatic carbocycles. The second kappa shape index (κ2) is 32.9. The molecule has 9 N–H and O–H groups in total. The summed E-state index contributed by atoms with van der Waals surface area (Å²) in [5.41, 5.74) is 6.12. The van der Waals surface area contributed by atoms with Crippen molar-refractivity contribution in [2.24, 2.45) is 46.2 Å². The van der Waals surface area contributed by atoms with E-state index in [0.717, 1.165) is 116 Å². The van der Waals surface area contributed by atoms with Gasteiger partial charge in [0.2, 0.25) is 41.1 Å². The Balaban J connectivity index is 0.000000289. The van der Waals surface area contributed by atoms with E-state index in [1.807, 2.05) is 0 Å². The van der Waals surface area contributed by atoms with E-state index in [-0.39, 0.29) is 83.4 Å². The summed E-state index contributed by atoms with van der Waals surface area (Å²) in [6.07, 6.45) is 26.4. The van der Waals surface area contributed by atoms with Crippen LogP contribution in [0.15, 0.2) is 43.9 Å². The minimum absolute atomic E-state index is 0.0371. The smallest absolute Gasteiger partial charge is 0.290 e. The second-order valence-corrected chi connectivity index (χ2v) is 25.9. The van der Waals surface area contributed by atoms with Crippen molar-refractivity contribution >= 4 is 65.3 Å². The molecule has 7 aliphatic rings. The molecule has 1 aromatic rings. The lowest BCUT2D eigenvalue weighted by Crippen LogP contribution is -2.60. The summed E-state index contributed by atoms with van der Waals surface area (Å²) < 4.78 is 0. The van der Waals surface area contributed by atoms with E-state index in [4.69, 9.17) is 15.6 Å². The normalized spacial score (nSPS) is 28.9. The van der Waals surface area contributed by atoms with Gasteiger partial charge in [-0.2, -0.15) is 0 Å². The highest BCUT2D eigenvalue weighted by molar-refractivity contribution is 6.39. The molecule has 23 nitrogen and oxygen atoms in total. The van der Waals surface area contributed by atoms with Crippen LogP contribution in [0, 0.1) is 40.4 Å². The predicted molar refractivity (Wildman–Crippen MR) is 324 cm³/mol. The van der Waals surface area contributed by atoms with Crippen LogP contribution in [0.5, 0.6) is 0 Å². The number of aromatic nitrogens is 2. The van der Waals surface area contributed by atoms with Crippen molar-refractivity contribution in [2.75, 3.05) is 26.2 Å². The first-order valence-electron chi connectivity index (χ1n) is 31.9. The fourth-order valence-electron chi connectivity index (χ4n) is 14.2. The van der Waals surface area contributed by atoms with E-state index in [0.29, 0.717) is 45.2 Å². The van der Waals surface area contributed by atoms with Crippen LogP contribution in [0.25, 0.3) is 0 Å². The molecule has 3 aliphatic carbocycles. The second-order valence-electron chi connectivity index (χ2n) is 25.9. The van der Waals surface area contributed by atoms with E-state index in [1.165, 1.54) is 30.7 Å². The largest absolute Gasteiger partial charge is 0.483 e. The van der Waals surface area contributed by atoms with Gasteiger partial charge in [-0.3, -0.25) is 57.7 Å². The number of nitrogens with one attached hydrogen (secondary N) is 6. The average molecular weight is 1210 g/mol. The third kappa shape index (κ3) is 18.1. The van der Waals surface area contributed by atoms with Crippen molar-refractivity contribution in [3.05, 3.63) is 49.6 Å². The molecule has 5 heterocycles.